The summed E-state index contributed by atoms with van der Waals surface area (Å²) < 4.78 is 23.4. The molecule has 0 saturated carbocycles. The summed E-state index contributed by atoms with van der Waals surface area (Å²) in [4.78, 5) is 16.9. The Morgan fingerprint density at radius 1 is 1.06 bits per heavy atom. The Morgan fingerprint density at radius 2 is 1.71 bits per heavy atom. The highest BCUT2D eigenvalue weighted by Gasteiger charge is 2.35. The standard InChI is InChI=1S/C20H21Cl2N3O3S.ClH.H2O/c21-17-4-2-1-3-13(17)11-24-7-5-15(6-8-24)25-12-14-9-19(29(23,27)28)18(22)10-16(14)20(25)26;;/h1-4,9-10,15H,5-8,11-12H2,(H2,23,27,28);1H;1H2. The summed E-state index contributed by atoms with van der Waals surface area (Å²) in [7, 11) is -3.93. The van der Waals surface area contributed by atoms with Gasteiger partial charge in [0.2, 0.25) is 10.0 Å². The van der Waals surface area contributed by atoms with E-state index in [2.05, 4.69) is 4.90 Å². The zero-order chi connectivity index (χ0) is 20.8. The van der Waals surface area contributed by atoms with Gasteiger partial charge in [-0.3, -0.25) is 9.69 Å². The molecule has 4 N–H and O–H groups in total. The van der Waals surface area contributed by atoms with Crippen LogP contribution in [0.25, 0.3) is 0 Å². The van der Waals surface area contributed by atoms with Crippen LogP contribution in [0.15, 0.2) is 41.3 Å². The Morgan fingerprint density at radius 3 is 2.32 bits per heavy atom. The quantitative estimate of drug-likeness (QED) is 0.683. The van der Waals surface area contributed by atoms with E-state index in [1.54, 1.807) is 0 Å². The predicted octanol–water partition coefficient (Wildman–Crippen LogP) is 2.86. The third kappa shape index (κ3) is 5.34. The predicted molar refractivity (Wildman–Crippen MR) is 123 cm³/mol. The van der Waals surface area contributed by atoms with Gasteiger partial charge >= 0.3 is 0 Å². The maximum atomic E-state index is 12.9. The fraction of sp³-hybridized carbons (Fsp3) is 0.350. The van der Waals surface area contributed by atoms with Crippen LogP contribution in [0.4, 0.5) is 0 Å². The van der Waals surface area contributed by atoms with E-state index in [1.165, 1.54) is 12.1 Å². The summed E-state index contributed by atoms with van der Waals surface area (Å²) in [5.74, 6) is -0.104. The second-order valence-corrected chi connectivity index (χ2v) is 9.86. The largest absolute Gasteiger partial charge is 0.412 e. The molecule has 0 atom stereocenters. The van der Waals surface area contributed by atoms with E-state index < -0.39 is 10.0 Å². The Labute approximate surface area is 197 Å². The van der Waals surface area contributed by atoms with Gasteiger partial charge in [0.25, 0.3) is 5.91 Å². The number of likely N-dealkylation sites (tertiary alicyclic amines) is 1. The number of amides is 1. The van der Waals surface area contributed by atoms with Crippen LogP contribution in [-0.4, -0.2) is 48.7 Å². The Balaban J connectivity index is 0.00000171. The zero-order valence-corrected chi connectivity index (χ0v) is 19.7. The molecular weight excluding hydrogens is 485 g/mol. The summed E-state index contributed by atoms with van der Waals surface area (Å²) in [5.41, 5.74) is 2.21. The minimum absolute atomic E-state index is 0. The maximum Gasteiger partial charge on any atom is 0.254 e. The van der Waals surface area contributed by atoms with E-state index in [0.29, 0.717) is 17.7 Å². The van der Waals surface area contributed by atoms with E-state index in [9.17, 15) is 13.2 Å². The smallest absolute Gasteiger partial charge is 0.254 e. The Kier molecular flexibility index (Phi) is 8.38. The zero-order valence-electron chi connectivity index (χ0n) is 16.6. The van der Waals surface area contributed by atoms with Gasteiger partial charge in [-0.25, -0.2) is 13.6 Å². The molecule has 11 heteroatoms. The minimum Gasteiger partial charge on any atom is -0.412 e. The van der Waals surface area contributed by atoms with Crippen LogP contribution < -0.4 is 5.14 Å². The normalized spacial score (nSPS) is 17.1. The second kappa shape index (κ2) is 10.0. The molecule has 0 radical (unpaired) electrons. The van der Waals surface area contributed by atoms with Gasteiger partial charge in [0, 0.05) is 42.8 Å². The minimum atomic E-state index is -3.93. The lowest BCUT2D eigenvalue weighted by Crippen LogP contribution is -2.44. The fourth-order valence-corrected chi connectivity index (χ4v) is 5.42. The number of hydrogen-bond donors (Lipinski definition) is 1. The molecule has 0 bridgehead atoms. The van der Waals surface area contributed by atoms with E-state index >= 15 is 0 Å². The molecule has 4 rings (SSSR count). The number of nitrogens with zero attached hydrogens (tertiary/aromatic N) is 2. The lowest BCUT2D eigenvalue weighted by molar-refractivity contribution is 0.0590. The van der Waals surface area contributed by atoms with Gasteiger partial charge in [-0.1, -0.05) is 41.4 Å². The molecule has 1 saturated heterocycles. The van der Waals surface area contributed by atoms with Gasteiger partial charge in [-0.2, -0.15) is 0 Å². The number of piperidine rings is 1. The number of sulfonamides is 1. The number of primary sulfonamides is 1. The van der Waals surface area contributed by atoms with Crippen molar-refractivity contribution >= 4 is 51.5 Å². The molecule has 0 spiro atoms. The first-order chi connectivity index (χ1) is 13.7. The third-order valence-electron chi connectivity index (χ3n) is 5.65. The third-order valence-corrected chi connectivity index (χ3v) is 7.39. The molecule has 0 aromatic heterocycles. The average Bonchev–Trinajstić information content (AvgIpc) is 2.99. The molecule has 2 heterocycles. The summed E-state index contributed by atoms with van der Waals surface area (Å²) >= 11 is 12.3. The van der Waals surface area contributed by atoms with Crippen molar-refractivity contribution in [3.8, 4) is 0 Å². The van der Waals surface area contributed by atoms with Crippen LogP contribution in [0.1, 0.15) is 34.3 Å². The fourth-order valence-electron chi connectivity index (χ4n) is 4.11. The molecule has 1 fully saturated rings. The molecule has 2 aliphatic heterocycles. The van der Waals surface area contributed by atoms with Crippen LogP contribution >= 0.6 is 35.6 Å². The van der Waals surface area contributed by atoms with Crippen molar-refractivity contribution in [1.29, 1.82) is 0 Å². The number of nitrogens with two attached hydrogens (primary N) is 1. The number of benzene rings is 2. The molecule has 2 aliphatic rings. The van der Waals surface area contributed by atoms with Gasteiger partial charge in [0.1, 0.15) is 4.90 Å². The van der Waals surface area contributed by atoms with Crippen molar-refractivity contribution in [2.75, 3.05) is 13.1 Å². The topological polar surface area (TPSA) is 115 Å². The van der Waals surface area contributed by atoms with Crippen molar-refractivity contribution in [2.24, 2.45) is 5.14 Å². The van der Waals surface area contributed by atoms with Crippen LogP contribution in [0.2, 0.25) is 10.0 Å². The van der Waals surface area contributed by atoms with Crippen molar-refractivity contribution in [3.63, 3.8) is 0 Å². The van der Waals surface area contributed by atoms with E-state index in [-0.39, 0.29) is 39.8 Å². The molecule has 0 unspecified atom stereocenters. The highest BCUT2D eigenvalue weighted by molar-refractivity contribution is 7.89. The van der Waals surface area contributed by atoms with Crippen LogP contribution in [-0.2, 0) is 23.1 Å². The number of carbonyl (C=O) groups excluding carboxylic acids is 1. The van der Waals surface area contributed by atoms with E-state index in [1.807, 2.05) is 29.2 Å². The Bertz CT molecular complexity index is 1070. The molecule has 2 aromatic rings. The second-order valence-electron chi connectivity index (χ2n) is 7.52. The van der Waals surface area contributed by atoms with Crippen molar-refractivity contribution in [1.82, 2.24) is 9.80 Å². The van der Waals surface area contributed by atoms with Crippen LogP contribution in [0.5, 0.6) is 0 Å². The van der Waals surface area contributed by atoms with Crippen LogP contribution in [0.3, 0.4) is 0 Å². The number of fused-ring (bicyclic) bond motifs is 1. The summed E-state index contributed by atoms with van der Waals surface area (Å²) in [6.07, 6.45) is 1.69. The van der Waals surface area contributed by atoms with Gasteiger partial charge in [0.05, 0.1) is 5.02 Å². The SMILES string of the molecule is Cl.NS(=O)(=O)c1cc2c(cc1Cl)C(=O)N(C1CCN(Cc3ccccc3Cl)CC1)C2.O. The molecule has 170 valence electrons. The van der Waals surface area contributed by atoms with E-state index in [4.69, 9.17) is 28.3 Å². The monoisotopic (exact) mass is 507 g/mol. The van der Waals surface area contributed by atoms with Crippen molar-refractivity contribution in [2.45, 2.75) is 36.9 Å². The first kappa shape index (κ1) is 25.9. The van der Waals surface area contributed by atoms with Gasteiger partial charge in [-0.15, -0.1) is 12.4 Å². The number of carbonyl (C=O) groups is 1. The van der Waals surface area contributed by atoms with Crippen LogP contribution in [0, 0.1) is 0 Å². The summed E-state index contributed by atoms with van der Waals surface area (Å²) in [5, 5.41) is 5.98. The molecule has 1 amide bonds. The number of halogens is 3. The van der Waals surface area contributed by atoms with Crippen molar-refractivity contribution < 1.29 is 18.7 Å². The number of rotatable bonds is 4. The highest BCUT2D eigenvalue weighted by Crippen LogP contribution is 2.33. The lowest BCUT2D eigenvalue weighted by Gasteiger charge is -2.36. The molecule has 7 nitrogen and oxygen atoms in total. The summed E-state index contributed by atoms with van der Waals surface area (Å²) in [6.45, 7) is 2.88. The highest BCUT2D eigenvalue weighted by atomic mass is 35.5. The Hall–Kier alpha value is -1.39. The number of hydrogen-bond acceptors (Lipinski definition) is 4. The molecule has 0 aliphatic carbocycles. The van der Waals surface area contributed by atoms with Crippen molar-refractivity contribution in [3.05, 3.63) is 63.1 Å². The lowest BCUT2D eigenvalue weighted by atomic mass is 10.0. The van der Waals surface area contributed by atoms with E-state index in [0.717, 1.165) is 43.1 Å². The van der Waals surface area contributed by atoms with Gasteiger partial charge in [0.15, 0.2) is 0 Å². The van der Waals surface area contributed by atoms with Gasteiger partial charge < -0.3 is 10.4 Å². The summed E-state index contributed by atoms with van der Waals surface area (Å²) in [6, 6.07) is 10.8. The maximum absolute atomic E-state index is 12.9. The molecule has 2 aromatic carbocycles. The first-order valence-corrected chi connectivity index (χ1v) is 11.7. The average molecular weight is 509 g/mol. The molecule has 31 heavy (non-hydrogen) atoms. The van der Waals surface area contributed by atoms with Gasteiger partial charge in [-0.05, 0) is 42.2 Å². The molecular formula is C20H24Cl3N3O4S. The first-order valence-electron chi connectivity index (χ1n) is 9.36.